The fourth-order valence-electron chi connectivity index (χ4n) is 2.08. The largest absolute Gasteiger partial charge is 0.392 e. The molecule has 6 N–H and O–H groups in total. The van der Waals surface area contributed by atoms with Crippen molar-refractivity contribution < 1.29 is 19.3 Å². The van der Waals surface area contributed by atoms with Gasteiger partial charge in [-0.1, -0.05) is 6.92 Å². The van der Waals surface area contributed by atoms with Crippen LogP contribution in [0.2, 0.25) is 0 Å². The Kier molecular flexibility index (Phi) is 3.31. The first-order valence-electron chi connectivity index (χ1n) is 5.60. The Balaban J connectivity index is 2.44. The molecule has 0 bridgehead atoms. The highest BCUT2D eigenvalue weighted by Gasteiger charge is 2.51. The summed E-state index contributed by atoms with van der Waals surface area (Å²) < 4.78 is 19.5. The fourth-order valence-corrected chi connectivity index (χ4v) is 2.08. The maximum Gasteiger partial charge on any atom is 0.351 e. The highest BCUT2D eigenvalue weighted by atomic mass is 19.1. The number of aliphatic hydroxyl groups is 2. The maximum absolute atomic E-state index is 13.4. The molecule has 0 spiro atoms. The standard InChI is InChI=1S/C10H15FN4O4/c1-4-6(17)10(13,3-16)19-8(4)15-2-5(11)7(12)14-9(15)18/h2,4,6,8,16-17H,3,13H2,1H3,(H2,12,14,18). The summed E-state index contributed by atoms with van der Waals surface area (Å²) in [6.45, 7) is 0.912. The second kappa shape index (κ2) is 4.53. The van der Waals surface area contributed by atoms with Crippen LogP contribution < -0.4 is 17.2 Å². The molecule has 0 aromatic carbocycles. The van der Waals surface area contributed by atoms with Gasteiger partial charge in [0.15, 0.2) is 17.4 Å². The molecule has 9 heteroatoms. The van der Waals surface area contributed by atoms with Gasteiger partial charge in [0.2, 0.25) is 0 Å². The molecule has 2 heterocycles. The van der Waals surface area contributed by atoms with Gasteiger partial charge in [-0.25, -0.2) is 9.18 Å². The Hall–Kier alpha value is -1.55. The van der Waals surface area contributed by atoms with Gasteiger partial charge in [0.1, 0.15) is 12.3 Å². The summed E-state index contributed by atoms with van der Waals surface area (Å²) >= 11 is 0. The van der Waals surface area contributed by atoms with Crippen molar-refractivity contribution in [3.8, 4) is 0 Å². The zero-order valence-electron chi connectivity index (χ0n) is 10.2. The maximum atomic E-state index is 13.4. The molecular formula is C10H15FN4O4. The van der Waals surface area contributed by atoms with Crippen LogP contribution in [0.1, 0.15) is 13.2 Å². The van der Waals surface area contributed by atoms with Crippen molar-refractivity contribution in [1.82, 2.24) is 9.55 Å². The molecule has 1 aromatic rings. The first-order chi connectivity index (χ1) is 8.80. The van der Waals surface area contributed by atoms with Crippen LogP contribution in [0.3, 0.4) is 0 Å². The molecule has 0 aliphatic carbocycles. The van der Waals surface area contributed by atoms with Crippen LogP contribution in [-0.4, -0.2) is 38.2 Å². The van der Waals surface area contributed by atoms with E-state index >= 15 is 0 Å². The van der Waals surface area contributed by atoms with E-state index in [1.807, 2.05) is 0 Å². The van der Waals surface area contributed by atoms with Crippen LogP contribution >= 0.6 is 0 Å². The van der Waals surface area contributed by atoms with Crippen molar-refractivity contribution in [3.05, 3.63) is 22.5 Å². The van der Waals surface area contributed by atoms with E-state index in [-0.39, 0.29) is 0 Å². The second-order valence-electron chi connectivity index (χ2n) is 4.59. The van der Waals surface area contributed by atoms with Gasteiger partial charge >= 0.3 is 5.69 Å². The van der Waals surface area contributed by atoms with Gasteiger partial charge in [-0.3, -0.25) is 10.3 Å². The van der Waals surface area contributed by atoms with Crippen molar-refractivity contribution in [2.75, 3.05) is 12.3 Å². The number of halogens is 1. The van der Waals surface area contributed by atoms with Gasteiger partial charge in [0, 0.05) is 5.92 Å². The predicted molar refractivity (Wildman–Crippen MR) is 62.2 cm³/mol. The van der Waals surface area contributed by atoms with Crippen LogP contribution in [0.15, 0.2) is 11.0 Å². The van der Waals surface area contributed by atoms with E-state index in [0.29, 0.717) is 0 Å². The van der Waals surface area contributed by atoms with Crippen LogP contribution in [0.5, 0.6) is 0 Å². The predicted octanol–water partition coefficient (Wildman–Crippen LogP) is -1.86. The third kappa shape index (κ3) is 2.10. The third-order valence-corrected chi connectivity index (χ3v) is 3.24. The number of anilines is 1. The third-order valence-electron chi connectivity index (χ3n) is 3.24. The van der Waals surface area contributed by atoms with Gasteiger partial charge in [-0.15, -0.1) is 0 Å². The van der Waals surface area contributed by atoms with E-state index in [0.717, 1.165) is 10.8 Å². The second-order valence-corrected chi connectivity index (χ2v) is 4.59. The summed E-state index contributed by atoms with van der Waals surface area (Å²) in [5.41, 5.74) is 8.30. The van der Waals surface area contributed by atoms with E-state index in [4.69, 9.17) is 21.3 Å². The number of hydrogen-bond donors (Lipinski definition) is 4. The molecule has 4 unspecified atom stereocenters. The summed E-state index contributed by atoms with van der Waals surface area (Å²) in [5, 5.41) is 19.0. The summed E-state index contributed by atoms with van der Waals surface area (Å²) in [6.07, 6.45) is -1.42. The van der Waals surface area contributed by atoms with E-state index in [1.54, 1.807) is 6.92 Å². The van der Waals surface area contributed by atoms with Crippen molar-refractivity contribution in [2.45, 2.75) is 25.0 Å². The number of aliphatic hydroxyl groups excluding tert-OH is 2. The number of nitrogen functional groups attached to an aromatic ring is 1. The average molecular weight is 274 g/mol. The minimum absolute atomic E-state index is 0.520. The number of ether oxygens (including phenoxy) is 1. The lowest BCUT2D eigenvalue weighted by atomic mass is 9.98. The normalized spacial score (nSPS) is 34.7. The van der Waals surface area contributed by atoms with Crippen molar-refractivity contribution in [2.24, 2.45) is 11.7 Å². The molecule has 106 valence electrons. The van der Waals surface area contributed by atoms with Crippen LogP contribution in [0, 0.1) is 11.7 Å². The first-order valence-corrected chi connectivity index (χ1v) is 5.60. The van der Waals surface area contributed by atoms with Gasteiger partial charge in [0.05, 0.1) is 12.8 Å². The molecule has 2 rings (SSSR count). The Morgan fingerprint density at radius 2 is 2.32 bits per heavy atom. The number of nitrogens with two attached hydrogens (primary N) is 2. The average Bonchev–Trinajstić information content (AvgIpc) is 2.59. The minimum Gasteiger partial charge on any atom is -0.392 e. The number of aromatic nitrogens is 2. The molecule has 8 nitrogen and oxygen atoms in total. The fraction of sp³-hybridized carbons (Fsp3) is 0.600. The van der Waals surface area contributed by atoms with Gasteiger partial charge in [0.25, 0.3) is 0 Å². The van der Waals surface area contributed by atoms with Gasteiger partial charge < -0.3 is 20.7 Å². The van der Waals surface area contributed by atoms with Gasteiger partial charge in [-0.2, -0.15) is 4.98 Å². The molecule has 0 radical (unpaired) electrons. The van der Waals surface area contributed by atoms with E-state index in [1.165, 1.54) is 0 Å². The Morgan fingerprint density at radius 3 is 2.84 bits per heavy atom. The van der Waals surface area contributed by atoms with Crippen molar-refractivity contribution in [3.63, 3.8) is 0 Å². The zero-order chi connectivity index (χ0) is 14.4. The highest BCUT2D eigenvalue weighted by Crippen LogP contribution is 2.37. The molecule has 4 atom stereocenters. The molecule has 1 aromatic heterocycles. The lowest BCUT2D eigenvalue weighted by Crippen LogP contribution is -2.52. The number of nitrogens with zero attached hydrogens (tertiary/aromatic N) is 2. The lowest BCUT2D eigenvalue weighted by molar-refractivity contribution is -0.125. The van der Waals surface area contributed by atoms with Crippen LogP contribution in [-0.2, 0) is 4.74 Å². The van der Waals surface area contributed by atoms with Crippen molar-refractivity contribution >= 4 is 5.82 Å². The zero-order valence-corrected chi connectivity index (χ0v) is 10.2. The smallest absolute Gasteiger partial charge is 0.351 e. The molecular weight excluding hydrogens is 259 g/mol. The van der Waals surface area contributed by atoms with Crippen LogP contribution in [0.4, 0.5) is 10.2 Å². The summed E-state index contributed by atoms with van der Waals surface area (Å²) in [5.74, 6) is -2.04. The number of rotatable bonds is 2. The molecule has 1 aliphatic rings. The SMILES string of the molecule is CC1C(n2cc(F)c(N)nc2=O)OC(N)(CO)C1O. The van der Waals surface area contributed by atoms with Crippen LogP contribution in [0.25, 0.3) is 0 Å². The molecule has 0 amide bonds. The Labute approximate surface area is 107 Å². The Morgan fingerprint density at radius 1 is 1.68 bits per heavy atom. The summed E-state index contributed by atoms with van der Waals surface area (Å²) in [7, 11) is 0. The molecule has 0 saturated carbocycles. The highest BCUT2D eigenvalue weighted by molar-refractivity contribution is 5.26. The molecule has 1 aliphatic heterocycles. The lowest BCUT2D eigenvalue weighted by Gasteiger charge is -2.24. The quantitative estimate of drug-likeness (QED) is 0.496. The van der Waals surface area contributed by atoms with E-state index < -0.39 is 47.9 Å². The monoisotopic (exact) mass is 274 g/mol. The molecule has 1 saturated heterocycles. The molecule has 1 fully saturated rings. The number of hydrogen-bond acceptors (Lipinski definition) is 7. The van der Waals surface area contributed by atoms with Crippen molar-refractivity contribution in [1.29, 1.82) is 0 Å². The molecule has 19 heavy (non-hydrogen) atoms. The van der Waals surface area contributed by atoms with Gasteiger partial charge in [-0.05, 0) is 0 Å². The summed E-state index contributed by atoms with van der Waals surface area (Å²) in [4.78, 5) is 15.0. The summed E-state index contributed by atoms with van der Waals surface area (Å²) in [6, 6.07) is 0. The van der Waals surface area contributed by atoms with E-state index in [2.05, 4.69) is 4.98 Å². The Bertz CT molecular complexity index is 551. The van der Waals surface area contributed by atoms with E-state index in [9.17, 15) is 14.3 Å². The minimum atomic E-state index is -1.71. The first kappa shape index (κ1) is 13.9. The topological polar surface area (TPSA) is 137 Å².